The van der Waals surface area contributed by atoms with E-state index in [2.05, 4.69) is 0 Å². The van der Waals surface area contributed by atoms with Gasteiger partial charge in [-0.1, -0.05) is 70.8 Å². The van der Waals surface area contributed by atoms with Gasteiger partial charge >= 0.3 is 0 Å². The Labute approximate surface area is 236 Å². The van der Waals surface area contributed by atoms with Crippen LogP contribution in [0.5, 0.6) is 0 Å². The number of carbonyl (C=O) groups is 1. The van der Waals surface area contributed by atoms with Gasteiger partial charge < -0.3 is 0 Å². The van der Waals surface area contributed by atoms with Gasteiger partial charge in [0.15, 0.2) is 5.78 Å². The zero-order valence-electron chi connectivity index (χ0n) is 19.1. The normalized spacial score (nSPS) is 13.8. The Morgan fingerprint density at radius 3 is 1.08 bits per heavy atom. The molecule has 0 saturated carbocycles. The second-order valence-corrected chi connectivity index (χ2v) is 11.0. The van der Waals surface area contributed by atoms with E-state index in [1.54, 1.807) is 12.1 Å². The van der Waals surface area contributed by atoms with Crippen LogP contribution in [0.1, 0.15) is 49.3 Å². The van der Waals surface area contributed by atoms with Crippen molar-refractivity contribution in [2.75, 3.05) is 0 Å². The van der Waals surface area contributed by atoms with Crippen LogP contribution in [-0.4, -0.2) is 10.6 Å². The highest BCUT2D eigenvalue weighted by molar-refractivity contribution is 7.81. The summed E-state index contributed by atoms with van der Waals surface area (Å²) in [6.07, 6.45) is 3.52. The topological polar surface area (TPSA) is 17.1 Å². The lowest BCUT2D eigenvalue weighted by molar-refractivity contribution is 0.103. The fourth-order valence-electron chi connectivity index (χ4n) is 4.79. The fraction of sp³-hybridized carbons (Fsp3) is 0.133. The van der Waals surface area contributed by atoms with E-state index >= 15 is 0 Å². The van der Waals surface area contributed by atoms with E-state index in [0.717, 1.165) is 74.0 Å². The van der Waals surface area contributed by atoms with Crippen LogP contribution in [0.15, 0.2) is 72.8 Å². The fourth-order valence-corrected chi connectivity index (χ4v) is 5.97. The van der Waals surface area contributed by atoms with Crippen LogP contribution >= 0.6 is 58.6 Å². The predicted octanol–water partition coefficient (Wildman–Crippen LogP) is 9.18. The molecule has 6 heteroatoms. The Balaban J connectivity index is 0.000000148. The van der Waals surface area contributed by atoms with Crippen LogP contribution in [-0.2, 0) is 25.7 Å². The molecule has 0 bridgehead atoms. The molecule has 2 aliphatic carbocycles. The smallest absolute Gasteiger partial charge is 0.193 e. The zero-order valence-corrected chi connectivity index (χ0v) is 22.9. The van der Waals surface area contributed by atoms with Gasteiger partial charge in [0.05, 0.1) is 4.86 Å². The molecule has 6 rings (SSSR count). The number of ketones is 1. The first kappa shape index (κ1) is 25.4. The number of rotatable bonds is 0. The Morgan fingerprint density at radius 1 is 0.472 bits per heavy atom. The molecule has 0 heterocycles. The Morgan fingerprint density at radius 2 is 0.750 bits per heavy atom. The molecular weight excluding hydrogens is 550 g/mol. The van der Waals surface area contributed by atoms with Crippen LogP contribution in [0.25, 0.3) is 0 Å². The van der Waals surface area contributed by atoms with Crippen molar-refractivity contribution < 1.29 is 4.79 Å². The standard InChI is InChI=1S/C15H10Cl2O.C15H10Cl2S/c2*16-11-3-5-13-9(7-11)1-2-10-8-12(17)4-6-14(10)15(13)18/h2*3-8H,1-2H2. The number of thiocarbonyl (C=S) groups is 1. The highest BCUT2D eigenvalue weighted by Gasteiger charge is 2.21. The quantitative estimate of drug-likeness (QED) is 0.196. The summed E-state index contributed by atoms with van der Waals surface area (Å²) in [6.45, 7) is 0. The Kier molecular flexibility index (Phi) is 7.53. The van der Waals surface area contributed by atoms with Crippen molar-refractivity contribution in [2.24, 2.45) is 0 Å². The molecule has 2 aliphatic rings. The predicted molar refractivity (Wildman–Crippen MR) is 155 cm³/mol. The van der Waals surface area contributed by atoms with Gasteiger partial charge in [0, 0.05) is 31.2 Å². The first-order chi connectivity index (χ1) is 17.3. The molecule has 36 heavy (non-hydrogen) atoms. The molecule has 0 spiro atoms. The maximum atomic E-state index is 12.5. The zero-order chi connectivity index (χ0) is 25.4. The van der Waals surface area contributed by atoms with E-state index in [1.165, 1.54) is 11.1 Å². The third kappa shape index (κ3) is 5.25. The summed E-state index contributed by atoms with van der Waals surface area (Å²) >= 11 is 29.7. The molecule has 0 unspecified atom stereocenters. The lowest BCUT2D eigenvalue weighted by atomic mass is 9.99. The molecule has 0 N–H and O–H groups in total. The van der Waals surface area contributed by atoms with E-state index in [9.17, 15) is 4.79 Å². The summed E-state index contributed by atoms with van der Waals surface area (Å²) < 4.78 is 0. The molecule has 0 atom stereocenters. The van der Waals surface area contributed by atoms with Crippen molar-refractivity contribution in [2.45, 2.75) is 25.7 Å². The molecule has 0 aromatic heterocycles. The average Bonchev–Trinajstić information content (AvgIpc) is 3.07. The van der Waals surface area contributed by atoms with Crippen LogP contribution in [0.4, 0.5) is 0 Å². The Hall–Kier alpha value is -2.20. The minimum absolute atomic E-state index is 0.0610. The monoisotopic (exact) mass is 568 g/mol. The van der Waals surface area contributed by atoms with E-state index < -0.39 is 0 Å². The number of benzene rings is 4. The van der Waals surface area contributed by atoms with Crippen LogP contribution < -0.4 is 0 Å². The number of aryl methyl sites for hydroxylation is 4. The lowest BCUT2D eigenvalue weighted by Gasteiger charge is -2.08. The molecule has 4 aromatic rings. The molecule has 180 valence electrons. The highest BCUT2D eigenvalue weighted by atomic mass is 35.5. The van der Waals surface area contributed by atoms with Gasteiger partial charge in [-0.15, -0.1) is 0 Å². The summed E-state index contributed by atoms with van der Waals surface area (Å²) in [4.78, 5) is 13.4. The molecule has 0 radical (unpaired) electrons. The summed E-state index contributed by atoms with van der Waals surface area (Å²) in [6, 6.07) is 22.7. The van der Waals surface area contributed by atoms with Gasteiger partial charge in [-0.3, -0.25) is 4.79 Å². The Bertz CT molecular complexity index is 1300. The van der Waals surface area contributed by atoms with E-state index in [0.29, 0.717) is 10.0 Å². The van der Waals surface area contributed by atoms with Crippen molar-refractivity contribution >= 4 is 69.3 Å². The van der Waals surface area contributed by atoms with Gasteiger partial charge in [0.2, 0.25) is 0 Å². The number of hydrogen-bond acceptors (Lipinski definition) is 2. The van der Waals surface area contributed by atoms with Crippen molar-refractivity contribution in [3.05, 3.63) is 137 Å². The summed E-state index contributed by atoms with van der Waals surface area (Å²) in [5.41, 5.74) is 8.21. The molecule has 0 amide bonds. The largest absolute Gasteiger partial charge is 0.289 e. The van der Waals surface area contributed by atoms with Crippen LogP contribution in [0.2, 0.25) is 20.1 Å². The third-order valence-corrected chi connectivity index (χ3v) is 7.96. The minimum Gasteiger partial charge on any atom is -0.289 e. The van der Waals surface area contributed by atoms with Gasteiger partial charge in [-0.25, -0.2) is 0 Å². The molecule has 0 fully saturated rings. The van der Waals surface area contributed by atoms with Gasteiger partial charge in [0.25, 0.3) is 0 Å². The SMILES string of the molecule is O=C1c2ccc(Cl)cc2CCc2cc(Cl)ccc21.S=C1c2ccc(Cl)cc2CCc2cc(Cl)ccc21. The van der Waals surface area contributed by atoms with Crippen LogP contribution in [0.3, 0.4) is 0 Å². The van der Waals surface area contributed by atoms with Gasteiger partial charge in [-0.2, -0.15) is 0 Å². The number of halogens is 4. The second kappa shape index (κ2) is 10.7. The summed E-state index contributed by atoms with van der Waals surface area (Å²) in [7, 11) is 0. The highest BCUT2D eigenvalue weighted by Crippen LogP contribution is 2.30. The third-order valence-electron chi connectivity index (χ3n) is 6.58. The average molecular weight is 570 g/mol. The first-order valence-electron chi connectivity index (χ1n) is 11.5. The molecular formula is C30H20Cl4OS. The summed E-state index contributed by atoms with van der Waals surface area (Å²) in [5.74, 6) is 0.0610. The number of hydrogen-bond donors (Lipinski definition) is 0. The molecule has 0 aliphatic heterocycles. The van der Waals surface area contributed by atoms with E-state index in [1.807, 2.05) is 60.7 Å². The lowest BCUT2D eigenvalue weighted by Crippen LogP contribution is -2.03. The maximum absolute atomic E-state index is 12.5. The van der Waals surface area contributed by atoms with Crippen molar-refractivity contribution in [3.63, 3.8) is 0 Å². The molecule has 1 nitrogen and oxygen atoms in total. The van der Waals surface area contributed by atoms with Crippen molar-refractivity contribution in [1.82, 2.24) is 0 Å². The maximum Gasteiger partial charge on any atom is 0.193 e. The second-order valence-electron chi connectivity index (χ2n) is 8.86. The van der Waals surface area contributed by atoms with Crippen molar-refractivity contribution in [1.29, 1.82) is 0 Å². The van der Waals surface area contributed by atoms with E-state index in [4.69, 9.17) is 58.6 Å². The van der Waals surface area contributed by atoms with Crippen LogP contribution in [0, 0.1) is 0 Å². The number of fused-ring (bicyclic) bond motifs is 4. The summed E-state index contributed by atoms with van der Waals surface area (Å²) in [5, 5.41) is 2.87. The van der Waals surface area contributed by atoms with Gasteiger partial charge in [0.1, 0.15) is 0 Å². The minimum atomic E-state index is 0.0610. The van der Waals surface area contributed by atoms with Crippen molar-refractivity contribution in [3.8, 4) is 0 Å². The first-order valence-corrected chi connectivity index (χ1v) is 13.5. The number of carbonyl (C=O) groups excluding carboxylic acids is 1. The van der Waals surface area contributed by atoms with E-state index in [-0.39, 0.29) is 5.78 Å². The molecule has 4 aromatic carbocycles. The van der Waals surface area contributed by atoms with Gasteiger partial charge in [-0.05, 0) is 120 Å². The molecule has 0 saturated heterocycles.